The van der Waals surface area contributed by atoms with Gasteiger partial charge in [0.1, 0.15) is 5.82 Å². The Morgan fingerprint density at radius 3 is 2.56 bits per heavy atom. The fourth-order valence-corrected chi connectivity index (χ4v) is 2.83. The van der Waals surface area contributed by atoms with E-state index in [0.29, 0.717) is 5.16 Å². The maximum Gasteiger partial charge on any atom is 0.209 e. The summed E-state index contributed by atoms with van der Waals surface area (Å²) >= 11 is 1.55. The highest BCUT2D eigenvalue weighted by molar-refractivity contribution is 7.98. The molecule has 0 aliphatic rings. The molecule has 0 aliphatic carbocycles. The summed E-state index contributed by atoms with van der Waals surface area (Å²) in [7, 11) is 0. The van der Waals surface area contributed by atoms with Crippen LogP contribution in [0, 0.1) is 12.7 Å². The fraction of sp³-hybridized carbons (Fsp3) is 0.105. The van der Waals surface area contributed by atoms with Crippen molar-refractivity contribution < 1.29 is 4.39 Å². The van der Waals surface area contributed by atoms with Gasteiger partial charge in [0.05, 0.1) is 11.4 Å². The highest BCUT2D eigenvalue weighted by Crippen LogP contribution is 2.19. The Balaban J connectivity index is 1.64. The number of halogens is 1. The summed E-state index contributed by atoms with van der Waals surface area (Å²) in [5.41, 5.74) is 3.52. The molecule has 3 aromatic rings. The number of thioether (sulfide) groups is 1. The molecule has 0 aliphatic heterocycles. The SMILES string of the molecule is Cc1nnc(SCc2ccccc2)nc1C=CNc1ccc(F)cc1. The number of aryl methyl sites for hydroxylation is 1. The van der Waals surface area contributed by atoms with Crippen molar-refractivity contribution in [2.24, 2.45) is 0 Å². The lowest BCUT2D eigenvalue weighted by Crippen LogP contribution is -1.99. The largest absolute Gasteiger partial charge is 0.362 e. The van der Waals surface area contributed by atoms with Gasteiger partial charge in [-0.3, -0.25) is 0 Å². The number of hydrogen-bond acceptors (Lipinski definition) is 5. The summed E-state index contributed by atoms with van der Waals surface area (Å²) < 4.78 is 12.9. The zero-order valence-electron chi connectivity index (χ0n) is 13.7. The highest BCUT2D eigenvalue weighted by Gasteiger charge is 2.04. The van der Waals surface area contributed by atoms with Gasteiger partial charge in [-0.25, -0.2) is 9.37 Å². The van der Waals surface area contributed by atoms with E-state index in [1.165, 1.54) is 17.7 Å². The monoisotopic (exact) mass is 352 g/mol. The molecule has 1 heterocycles. The number of nitrogens with zero attached hydrogens (tertiary/aromatic N) is 3. The van der Waals surface area contributed by atoms with Crippen molar-refractivity contribution in [2.75, 3.05) is 5.32 Å². The maximum absolute atomic E-state index is 12.9. The summed E-state index contributed by atoms with van der Waals surface area (Å²) in [6.07, 6.45) is 3.59. The fourth-order valence-electron chi connectivity index (χ4n) is 2.08. The minimum Gasteiger partial charge on any atom is -0.362 e. The molecular formula is C19H17FN4S. The molecule has 0 radical (unpaired) electrons. The Labute approximate surface area is 150 Å². The van der Waals surface area contributed by atoms with Gasteiger partial charge >= 0.3 is 0 Å². The molecule has 0 fully saturated rings. The molecule has 3 rings (SSSR count). The van der Waals surface area contributed by atoms with Gasteiger partial charge < -0.3 is 5.32 Å². The average Bonchev–Trinajstić information content (AvgIpc) is 2.64. The van der Waals surface area contributed by atoms with Crippen molar-refractivity contribution in [3.05, 3.63) is 83.6 Å². The summed E-state index contributed by atoms with van der Waals surface area (Å²) in [5, 5.41) is 12.0. The number of rotatable bonds is 6. The van der Waals surface area contributed by atoms with Gasteiger partial charge in [-0.1, -0.05) is 42.1 Å². The number of anilines is 1. The average molecular weight is 352 g/mol. The standard InChI is InChI=1S/C19H17FN4S/c1-14-18(11-12-21-17-9-7-16(20)8-10-17)22-19(24-23-14)25-13-15-5-3-2-4-6-15/h2-12,21H,13H2,1H3. The Bertz CT molecular complexity index is 851. The van der Waals surface area contributed by atoms with Crippen LogP contribution in [0.15, 0.2) is 66.0 Å². The molecule has 0 atom stereocenters. The molecule has 25 heavy (non-hydrogen) atoms. The van der Waals surface area contributed by atoms with Crippen LogP contribution in [0.4, 0.5) is 10.1 Å². The molecule has 2 aromatic carbocycles. The molecular weight excluding hydrogens is 335 g/mol. The minimum absolute atomic E-state index is 0.259. The lowest BCUT2D eigenvalue weighted by molar-refractivity contribution is 0.628. The lowest BCUT2D eigenvalue weighted by Gasteiger charge is -2.04. The van der Waals surface area contributed by atoms with Crippen LogP contribution in [0.2, 0.25) is 0 Å². The van der Waals surface area contributed by atoms with Gasteiger partial charge in [0.15, 0.2) is 0 Å². The molecule has 1 aromatic heterocycles. The van der Waals surface area contributed by atoms with E-state index in [0.717, 1.165) is 22.8 Å². The van der Waals surface area contributed by atoms with Crippen molar-refractivity contribution in [1.29, 1.82) is 0 Å². The molecule has 0 unspecified atom stereocenters. The van der Waals surface area contributed by atoms with Crippen LogP contribution in [0.25, 0.3) is 6.08 Å². The number of hydrogen-bond donors (Lipinski definition) is 1. The first-order valence-corrected chi connectivity index (χ1v) is 8.76. The van der Waals surface area contributed by atoms with E-state index >= 15 is 0 Å². The van der Waals surface area contributed by atoms with E-state index in [9.17, 15) is 4.39 Å². The van der Waals surface area contributed by atoms with E-state index in [1.807, 2.05) is 31.2 Å². The Morgan fingerprint density at radius 2 is 1.80 bits per heavy atom. The van der Waals surface area contributed by atoms with E-state index in [-0.39, 0.29) is 5.82 Å². The first-order chi connectivity index (χ1) is 12.2. The minimum atomic E-state index is -0.259. The first kappa shape index (κ1) is 17.1. The smallest absolute Gasteiger partial charge is 0.209 e. The van der Waals surface area contributed by atoms with E-state index in [1.54, 1.807) is 30.1 Å². The van der Waals surface area contributed by atoms with Gasteiger partial charge in [0, 0.05) is 17.6 Å². The van der Waals surface area contributed by atoms with Crippen LogP contribution in [-0.4, -0.2) is 15.2 Å². The van der Waals surface area contributed by atoms with E-state index < -0.39 is 0 Å². The molecule has 0 spiro atoms. The van der Waals surface area contributed by atoms with Crippen LogP contribution in [0.5, 0.6) is 0 Å². The van der Waals surface area contributed by atoms with Crippen molar-refractivity contribution in [3.63, 3.8) is 0 Å². The Morgan fingerprint density at radius 1 is 1.04 bits per heavy atom. The number of nitrogens with one attached hydrogen (secondary N) is 1. The van der Waals surface area contributed by atoms with Gasteiger partial charge in [0.2, 0.25) is 5.16 Å². The number of aromatic nitrogens is 3. The molecule has 0 amide bonds. The summed E-state index contributed by atoms with van der Waals surface area (Å²) in [4.78, 5) is 4.54. The third-order valence-corrected chi connectivity index (χ3v) is 4.33. The molecule has 1 N–H and O–H groups in total. The van der Waals surface area contributed by atoms with Crippen molar-refractivity contribution in [2.45, 2.75) is 17.8 Å². The van der Waals surface area contributed by atoms with Gasteiger partial charge in [-0.05, 0) is 42.8 Å². The summed E-state index contributed by atoms with van der Waals surface area (Å²) in [6, 6.07) is 16.3. The maximum atomic E-state index is 12.9. The van der Waals surface area contributed by atoms with Crippen molar-refractivity contribution in [3.8, 4) is 0 Å². The van der Waals surface area contributed by atoms with E-state index in [2.05, 4.69) is 32.6 Å². The molecule has 126 valence electrons. The molecule has 4 nitrogen and oxygen atoms in total. The normalized spacial score (nSPS) is 11.0. The lowest BCUT2D eigenvalue weighted by atomic mass is 10.2. The quantitative estimate of drug-likeness (QED) is 0.652. The molecule has 0 saturated heterocycles. The zero-order valence-corrected chi connectivity index (χ0v) is 14.5. The van der Waals surface area contributed by atoms with Gasteiger partial charge in [0.25, 0.3) is 0 Å². The molecule has 6 heteroatoms. The predicted octanol–water partition coefficient (Wildman–Crippen LogP) is 4.69. The first-order valence-electron chi connectivity index (χ1n) is 7.77. The second kappa shape index (κ2) is 8.39. The van der Waals surface area contributed by atoms with E-state index in [4.69, 9.17) is 0 Å². The van der Waals surface area contributed by atoms with Crippen molar-refractivity contribution >= 4 is 23.5 Å². The highest BCUT2D eigenvalue weighted by atomic mass is 32.2. The van der Waals surface area contributed by atoms with Crippen molar-refractivity contribution in [1.82, 2.24) is 15.2 Å². The van der Waals surface area contributed by atoms with Crippen LogP contribution in [-0.2, 0) is 5.75 Å². The van der Waals surface area contributed by atoms with Gasteiger partial charge in [-0.2, -0.15) is 5.10 Å². The van der Waals surface area contributed by atoms with Crippen LogP contribution >= 0.6 is 11.8 Å². The number of benzene rings is 2. The summed E-state index contributed by atoms with van der Waals surface area (Å²) in [5.74, 6) is 0.535. The summed E-state index contributed by atoms with van der Waals surface area (Å²) in [6.45, 7) is 1.86. The Kier molecular flexibility index (Phi) is 5.74. The van der Waals surface area contributed by atoms with Crippen LogP contribution in [0.1, 0.15) is 17.0 Å². The Hall–Kier alpha value is -2.73. The molecule has 0 saturated carbocycles. The zero-order chi connectivity index (χ0) is 17.5. The van der Waals surface area contributed by atoms with Gasteiger partial charge in [-0.15, -0.1) is 5.10 Å². The predicted molar refractivity (Wildman–Crippen MR) is 99.6 cm³/mol. The third kappa shape index (κ3) is 5.12. The topological polar surface area (TPSA) is 50.7 Å². The van der Waals surface area contributed by atoms with Crippen LogP contribution < -0.4 is 5.32 Å². The second-order valence-electron chi connectivity index (χ2n) is 5.32. The second-order valence-corrected chi connectivity index (χ2v) is 6.27. The molecule has 0 bridgehead atoms. The van der Waals surface area contributed by atoms with Crippen LogP contribution in [0.3, 0.4) is 0 Å². The third-order valence-electron chi connectivity index (χ3n) is 3.42.